The Balaban J connectivity index is 2.81. The molecule has 0 fully saturated rings. The number of carbonyl (C=O) groups is 2. The number of rotatable bonds is 4. The van der Waals surface area contributed by atoms with Crippen molar-refractivity contribution in [3.05, 3.63) is 24.0 Å². The second kappa shape index (κ2) is 4.09. The molecule has 1 heterocycles. The van der Waals surface area contributed by atoms with Crippen molar-refractivity contribution >= 4 is 11.7 Å². The number of hydrogen-bond acceptors (Lipinski definition) is 2. The number of hydrogen-bond donors (Lipinski definition) is 1. The third kappa shape index (κ3) is 2.22. The average molecular weight is 194 g/mol. The van der Waals surface area contributed by atoms with Crippen molar-refractivity contribution in [2.75, 3.05) is 0 Å². The van der Waals surface area contributed by atoms with Crippen molar-refractivity contribution in [1.29, 1.82) is 0 Å². The molecule has 1 aromatic rings. The Morgan fingerprint density at radius 1 is 1.57 bits per heavy atom. The summed E-state index contributed by atoms with van der Waals surface area (Å²) < 4.78 is 1.75. The summed E-state index contributed by atoms with van der Waals surface area (Å²) >= 11 is 0. The molecule has 0 aromatic carbocycles. The van der Waals surface area contributed by atoms with Crippen molar-refractivity contribution in [3.8, 4) is 0 Å². The molecule has 0 bridgehead atoms. The first-order valence-corrected chi connectivity index (χ1v) is 4.47. The third-order valence-corrected chi connectivity index (χ3v) is 2.15. The lowest BCUT2D eigenvalue weighted by Gasteiger charge is -2.10. The molecular formula is C10H14N2O2. The average Bonchev–Trinajstić information content (AvgIpc) is 2.52. The van der Waals surface area contributed by atoms with Gasteiger partial charge in [0.2, 0.25) is 5.91 Å². The first kappa shape index (κ1) is 10.5. The normalized spacial score (nSPS) is 12.4. The van der Waals surface area contributed by atoms with E-state index in [1.54, 1.807) is 29.8 Å². The van der Waals surface area contributed by atoms with Crippen LogP contribution in [0.15, 0.2) is 18.3 Å². The van der Waals surface area contributed by atoms with E-state index in [-0.39, 0.29) is 17.6 Å². The summed E-state index contributed by atoms with van der Waals surface area (Å²) in [5.41, 5.74) is 5.75. The van der Waals surface area contributed by atoms with E-state index < -0.39 is 0 Å². The molecule has 2 N–H and O–H groups in total. The summed E-state index contributed by atoms with van der Waals surface area (Å²) in [6.07, 6.45) is 1.77. The molecule has 0 saturated carbocycles. The van der Waals surface area contributed by atoms with E-state index in [0.29, 0.717) is 12.2 Å². The van der Waals surface area contributed by atoms with Gasteiger partial charge < -0.3 is 10.3 Å². The predicted octanol–water partition coefficient (Wildman–Crippen LogP) is 0.812. The molecule has 14 heavy (non-hydrogen) atoms. The van der Waals surface area contributed by atoms with Crippen LogP contribution in [-0.4, -0.2) is 16.3 Å². The Kier molecular flexibility index (Phi) is 3.06. The molecule has 0 aliphatic rings. The van der Waals surface area contributed by atoms with Gasteiger partial charge in [0.25, 0.3) is 0 Å². The highest BCUT2D eigenvalue weighted by atomic mass is 16.1. The molecule has 1 rings (SSSR count). The summed E-state index contributed by atoms with van der Waals surface area (Å²) in [7, 11) is 0. The van der Waals surface area contributed by atoms with Crippen LogP contribution in [0.2, 0.25) is 0 Å². The molecule has 4 heteroatoms. The topological polar surface area (TPSA) is 65.1 Å². The van der Waals surface area contributed by atoms with Crippen LogP contribution in [0, 0.1) is 5.92 Å². The zero-order valence-corrected chi connectivity index (χ0v) is 8.36. The molecule has 0 aliphatic carbocycles. The Morgan fingerprint density at radius 3 is 2.71 bits per heavy atom. The molecule has 1 unspecified atom stereocenters. The second-order valence-corrected chi connectivity index (χ2v) is 3.41. The van der Waals surface area contributed by atoms with Gasteiger partial charge in [-0.25, -0.2) is 0 Å². The molecule has 1 aromatic heterocycles. The van der Waals surface area contributed by atoms with Crippen molar-refractivity contribution in [3.63, 3.8) is 0 Å². The maximum atomic E-state index is 11.1. The number of aromatic nitrogens is 1. The molecule has 0 spiro atoms. The fourth-order valence-electron chi connectivity index (χ4n) is 1.28. The van der Waals surface area contributed by atoms with Gasteiger partial charge in [-0.05, 0) is 12.1 Å². The van der Waals surface area contributed by atoms with Gasteiger partial charge in [0.15, 0.2) is 5.78 Å². The van der Waals surface area contributed by atoms with Crippen molar-refractivity contribution in [2.45, 2.75) is 20.4 Å². The van der Waals surface area contributed by atoms with Crippen molar-refractivity contribution in [2.24, 2.45) is 11.7 Å². The van der Waals surface area contributed by atoms with Crippen LogP contribution in [0.5, 0.6) is 0 Å². The van der Waals surface area contributed by atoms with E-state index in [1.807, 2.05) is 0 Å². The largest absolute Gasteiger partial charge is 0.369 e. The Hall–Kier alpha value is -1.58. The zero-order chi connectivity index (χ0) is 10.7. The van der Waals surface area contributed by atoms with Crippen molar-refractivity contribution < 1.29 is 9.59 Å². The second-order valence-electron chi connectivity index (χ2n) is 3.41. The number of carbonyl (C=O) groups excluding carboxylic acids is 2. The van der Waals surface area contributed by atoms with Crippen LogP contribution in [-0.2, 0) is 11.3 Å². The summed E-state index contributed by atoms with van der Waals surface area (Å²) in [5, 5.41) is 0. The van der Waals surface area contributed by atoms with Gasteiger partial charge in [0, 0.05) is 19.7 Å². The molecular weight excluding hydrogens is 180 g/mol. The number of nitrogens with zero attached hydrogens (tertiary/aromatic N) is 1. The first-order valence-electron chi connectivity index (χ1n) is 4.47. The van der Waals surface area contributed by atoms with Gasteiger partial charge in [-0.1, -0.05) is 6.92 Å². The quantitative estimate of drug-likeness (QED) is 0.721. The van der Waals surface area contributed by atoms with E-state index in [1.165, 1.54) is 6.92 Å². The maximum Gasteiger partial charge on any atom is 0.222 e. The van der Waals surface area contributed by atoms with Gasteiger partial charge in [0.05, 0.1) is 11.6 Å². The standard InChI is InChI=1S/C10H14N2O2/c1-7(10(11)14)6-12-5-3-4-9(12)8(2)13/h3-5,7H,6H2,1-2H3,(H2,11,14). The number of primary amides is 1. The minimum atomic E-state index is -0.354. The summed E-state index contributed by atoms with van der Waals surface area (Å²) in [6, 6.07) is 3.51. The Morgan fingerprint density at radius 2 is 2.21 bits per heavy atom. The molecule has 0 saturated heterocycles. The van der Waals surface area contributed by atoms with Gasteiger partial charge in [-0.3, -0.25) is 9.59 Å². The molecule has 4 nitrogen and oxygen atoms in total. The third-order valence-electron chi connectivity index (χ3n) is 2.15. The van der Waals surface area contributed by atoms with Crippen LogP contribution in [0.3, 0.4) is 0 Å². The summed E-state index contributed by atoms with van der Waals surface area (Å²) in [5.74, 6) is -0.625. The molecule has 1 atom stereocenters. The molecule has 76 valence electrons. The Labute approximate surface area is 82.7 Å². The summed E-state index contributed by atoms with van der Waals surface area (Å²) in [4.78, 5) is 22.0. The number of Topliss-reactive ketones (excluding diaryl/α,β-unsaturated/α-hetero) is 1. The molecule has 1 amide bonds. The lowest BCUT2D eigenvalue weighted by Crippen LogP contribution is -2.25. The number of nitrogens with two attached hydrogens (primary N) is 1. The smallest absolute Gasteiger partial charge is 0.222 e. The van der Waals surface area contributed by atoms with E-state index in [4.69, 9.17) is 5.73 Å². The highest BCUT2D eigenvalue weighted by molar-refractivity contribution is 5.92. The van der Waals surface area contributed by atoms with Crippen LogP contribution >= 0.6 is 0 Å². The lowest BCUT2D eigenvalue weighted by molar-refractivity contribution is -0.121. The number of ketones is 1. The number of amides is 1. The van der Waals surface area contributed by atoms with E-state index in [9.17, 15) is 9.59 Å². The fourth-order valence-corrected chi connectivity index (χ4v) is 1.28. The molecule has 0 radical (unpaired) electrons. The molecule has 0 aliphatic heterocycles. The van der Waals surface area contributed by atoms with E-state index in [0.717, 1.165) is 0 Å². The highest BCUT2D eigenvalue weighted by Gasteiger charge is 2.12. The van der Waals surface area contributed by atoms with E-state index in [2.05, 4.69) is 0 Å². The van der Waals surface area contributed by atoms with Gasteiger partial charge in [-0.2, -0.15) is 0 Å². The minimum Gasteiger partial charge on any atom is -0.369 e. The van der Waals surface area contributed by atoms with Crippen LogP contribution in [0.1, 0.15) is 24.3 Å². The van der Waals surface area contributed by atoms with Crippen LogP contribution in [0.25, 0.3) is 0 Å². The summed E-state index contributed by atoms with van der Waals surface area (Å²) in [6.45, 7) is 3.70. The Bertz CT molecular complexity index is 355. The fraction of sp³-hybridized carbons (Fsp3) is 0.400. The van der Waals surface area contributed by atoms with Crippen LogP contribution in [0.4, 0.5) is 0 Å². The minimum absolute atomic E-state index is 0.00771. The SMILES string of the molecule is CC(=O)c1cccn1CC(C)C(N)=O. The van der Waals surface area contributed by atoms with Crippen LogP contribution < -0.4 is 5.73 Å². The van der Waals surface area contributed by atoms with E-state index >= 15 is 0 Å². The van der Waals surface area contributed by atoms with Gasteiger partial charge >= 0.3 is 0 Å². The predicted molar refractivity (Wildman–Crippen MR) is 52.8 cm³/mol. The first-order chi connectivity index (χ1) is 6.52. The van der Waals surface area contributed by atoms with Gasteiger partial charge in [0.1, 0.15) is 0 Å². The monoisotopic (exact) mass is 194 g/mol. The highest BCUT2D eigenvalue weighted by Crippen LogP contribution is 2.07. The van der Waals surface area contributed by atoms with Crippen molar-refractivity contribution in [1.82, 2.24) is 4.57 Å². The maximum absolute atomic E-state index is 11.1. The lowest BCUT2D eigenvalue weighted by atomic mass is 10.1. The van der Waals surface area contributed by atoms with Gasteiger partial charge in [-0.15, -0.1) is 0 Å². The zero-order valence-electron chi connectivity index (χ0n) is 8.36.